The molecule has 5 nitrogen and oxygen atoms in total. The maximum atomic E-state index is 13.1. The maximum absolute atomic E-state index is 13.1. The number of benzene rings is 2. The fourth-order valence-corrected chi connectivity index (χ4v) is 3.17. The number of piperidine rings is 1. The number of halogens is 3. The van der Waals surface area contributed by atoms with Gasteiger partial charge in [0.05, 0.1) is 11.1 Å². The van der Waals surface area contributed by atoms with Gasteiger partial charge in [0, 0.05) is 17.2 Å². The van der Waals surface area contributed by atoms with Crippen LogP contribution in [0.1, 0.15) is 35.2 Å². The van der Waals surface area contributed by atoms with E-state index < -0.39 is 17.7 Å². The van der Waals surface area contributed by atoms with Crippen LogP contribution in [0.15, 0.2) is 59.1 Å². The quantitative estimate of drug-likeness (QED) is 0.589. The van der Waals surface area contributed by atoms with Crippen molar-refractivity contribution in [3.8, 4) is 22.6 Å². The van der Waals surface area contributed by atoms with Crippen LogP contribution in [0.4, 0.5) is 13.2 Å². The van der Waals surface area contributed by atoms with Crippen LogP contribution >= 0.6 is 0 Å². The molecule has 30 heavy (non-hydrogen) atoms. The van der Waals surface area contributed by atoms with E-state index in [0.717, 1.165) is 6.07 Å². The van der Waals surface area contributed by atoms with E-state index in [0.29, 0.717) is 0 Å². The Morgan fingerprint density at radius 2 is 1.60 bits per heavy atom. The van der Waals surface area contributed by atoms with Crippen molar-refractivity contribution in [2.24, 2.45) is 0 Å². The summed E-state index contributed by atoms with van der Waals surface area (Å²) in [6, 6.07) is 12.3. The second-order valence-electron chi connectivity index (χ2n) is 6.78. The zero-order valence-electron chi connectivity index (χ0n) is 16.1. The van der Waals surface area contributed by atoms with E-state index in [1.54, 1.807) is 12.1 Å². The molecule has 2 aromatic carbocycles. The maximum Gasteiger partial charge on any atom is 0.417 e. The third kappa shape index (κ3) is 5.27. The number of carboxylic acids is 1. The molecule has 3 aromatic rings. The molecule has 0 aliphatic carbocycles. The standard InChI is InChI=1S/C17H10F3NO3.C5H11N/c18-17(19,20)13-8-4-3-7-12(13)14-9-15(24-21-14)10-5-1-2-6-11(10)16(22)23;1-2-4-6-5-3-1/h1-9H,(H,22,23);6H,1-5H2. The number of nitrogens with one attached hydrogen (secondary N) is 1. The number of rotatable bonds is 3. The first-order valence-corrected chi connectivity index (χ1v) is 9.54. The predicted octanol–water partition coefficient (Wildman–Crippen LogP) is 5.49. The molecule has 0 unspecified atom stereocenters. The molecular weight excluding hydrogens is 397 g/mol. The van der Waals surface area contributed by atoms with Gasteiger partial charge in [-0.05, 0) is 38.1 Å². The summed E-state index contributed by atoms with van der Waals surface area (Å²) in [5, 5.41) is 16.1. The van der Waals surface area contributed by atoms with Gasteiger partial charge in [0.25, 0.3) is 0 Å². The summed E-state index contributed by atoms with van der Waals surface area (Å²) in [7, 11) is 0. The van der Waals surface area contributed by atoms with Crippen molar-refractivity contribution >= 4 is 5.97 Å². The number of carboxylic acid groups (broad SMARTS) is 1. The fraction of sp³-hybridized carbons (Fsp3) is 0.273. The third-order valence-corrected chi connectivity index (χ3v) is 4.65. The number of hydrogen-bond donors (Lipinski definition) is 2. The molecule has 4 rings (SSSR count). The van der Waals surface area contributed by atoms with Gasteiger partial charge in [0.2, 0.25) is 0 Å². The minimum Gasteiger partial charge on any atom is -0.478 e. The summed E-state index contributed by atoms with van der Waals surface area (Å²) in [5.74, 6) is -1.08. The zero-order valence-corrected chi connectivity index (χ0v) is 16.1. The van der Waals surface area contributed by atoms with Crippen LogP contribution in [0.5, 0.6) is 0 Å². The Balaban J connectivity index is 0.000000367. The van der Waals surface area contributed by atoms with Gasteiger partial charge < -0.3 is 14.9 Å². The first-order valence-electron chi connectivity index (χ1n) is 9.54. The van der Waals surface area contributed by atoms with Crippen molar-refractivity contribution in [1.29, 1.82) is 0 Å². The Bertz CT molecular complexity index is 984. The van der Waals surface area contributed by atoms with Gasteiger partial charge in [-0.25, -0.2) is 4.79 Å². The first kappa shape index (κ1) is 21.6. The molecule has 0 spiro atoms. The number of hydrogen-bond acceptors (Lipinski definition) is 4. The Hall–Kier alpha value is -3.13. The van der Waals surface area contributed by atoms with Crippen molar-refractivity contribution in [3.05, 3.63) is 65.7 Å². The largest absolute Gasteiger partial charge is 0.478 e. The Kier molecular flexibility index (Phi) is 6.89. The van der Waals surface area contributed by atoms with Crippen molar-refractivity contribution in [2.75, 3.05) is 13.1 Å². The number of alkyl halides is 3. The summed E-state index contributed by atoms with van der Waals surface area (Å²) < 4.78 is 44.4. The van der Waals surface area contributed by atoms with Gasteiger partial charge in [-0.1, -0.05) is 48.0 Å². The van der Waals surface area contributed by atoms with E-state index in [9.17, 15) is 23.1 Å². The third-order valence-electron chi connectivity index (χ3n) is 4.65. The van der Waals surface area contributed by atoms with Crippen LogP contribution in [0.2, 0.25) is 0 Å². The molecular formula is C22H21F3N2O3. The van der Waals surface area contributed by atoms with E-state index in [2.05, 4.69) is 10.5 Å². The Morgan fingerprint density at radius 1 is 0.967 bits per heavy atom. The Morgan fingerprint density at radius 3 is 2.17 bits per heavy atom. The molecule has 2 heterocycles. The van der Waals surface area contributed by atoms with Crippen LogP contribution in [-0.2, 0) is 6.18 Å². The van der Waals surface area contributed by atoms with E-state index in [-0.39, 0.29) is 28.1 Å². The molecule has 0 radical (unpaired) electrons. The monoisotopic (exact) mass is 418 g/mol. The first-order chi connectivity index (χ1) is 14.4. The lowest BCUT2D eigenvalue weighted by atomic mass is 10.0. The zero-order chi connectivity index (χ0) is 21.6. The predicted molar refractivity (Wildman–Crippen MR) is 106 cm³/mol. The highest BCUT2D eigenvalue weighted by atomic mass is 19.4. The molecule has 0 atom stereocenters. The highest BCUT2D eigenvalue weighted by Gasteiger charge is 2.34. The summed E-state index contributed by atoms with van der Waals surface area (Å²) >= 11 is 0. The molecule has 8 heteroatoms. The average molecular weight is 418 g/mol. The van der Waals surface area contributed by atoms with Gasteiger partial charge in [-0.2, -0.15) is 13.2 Å². The molecule has 1 aromatic heterocycles. The lowest BCUT2D eigenvalue weighted by Crippen LogP contribution is -2.21. The molecule has 0 bridgehead atoms. The average Bonchev–Trinajstić information content (AvgIpc) is 3.25. The second-order valence-corrected chi connectivity index (χ2v) is 6.78. The van der Waals surface area contributed by atoms with Gasteiger partial charge in [0.15, 0.2) is 5.76 Å². The molecule has 1 aliphatic heterocycles. The minimum absolute atomic E-state index is 0.0156. The number of nitrogens with zero attached hydrogens (tertiary/aromatic N) is 1. The number of aromatic carboxylic acids is 1. The van der Waals surface area contributed by atoms with Crippen molar-refractivity contribution < 1.29 is 27.6 Å². The van der Waals surface area contributed by atoms with Gasteiger partial charge in [-0.3, -0.25) is 0 Å². The Labute approximate surface area is 171 Å². The lowest BCUT2D eigenvalue weighted by molar-refractivity contribution is -0.137. The van der Waals surface area contributed by atoms with Gasteiger partial charge >= 0.3 is 12.1 Å². The summed E-state index contributed by atoms with van der Waals surface area (Å²) in [5.41, 5.74) is -0.764. The molecule has 158 valence electrons. The number of aromatic nitrogens is 1. The van der Waals surface area contributed by atoms with Crippen LogP contribution in [-0.4, -0.2) is 29.3 Å². The van der Waals surface area contributed by atoms with E-state index in [4.69, 9.17) is 4.52 Å². The van der Waals surface area contributed by atoms with Crippen LogP contribution in [0.3, 0.4) is 0 Å². The second kappa shape index (κ2) is 9.58. The SMILES string of the molecule is C1CCNCC1.O=C(O)c1ccccc1-c1cc(-c2ccccc2C(F)(F)F)no1. The van der Waals surface area contributed by atoms with Crippen molar-refractivity contribution in [3.63, 3.8) is 0 Å². The fourth-order valence-electron chi connectivity index (χ4n) is 3.17. The van der Waals surface area contributed by atoms with Crippen molar-refractivity contribution in [2.45, 2.75) is 25.4 Å². The van der Waals surface area contributed by atoms with E-state index >= 15 is 0 Å². The highest BCUT2D eigenvalue weighted by molar-refractivity contribution is 5.95. The highest BCUT2D eigenvalue weighted by Crippen LogP contribution is 2.37. The molecule has 1 fully saturated rings. The molecule has 1 aliphatic rings. The lowest BCUT2D eigenvalue weighted by Gasteiger charge is -2.10. The minimum atomic E-state index is -4.53. The summed E-state index contributed by atoms with van der Waals surface area (Å²) in [6.45, 7) is 2.50. The van der Waals surface area contributed by atoms with Gasteiger partial charge in [0.1, 0.15) is 5.69 Å². The topological polar surface area (TPSA) is 75.4 Å². The molecule has 0 amide bonds. The van der Waals surface area contributed by atoms with Crippen LogP contribution in [0.25, 0.3) is 22.6 Å². The van der Waals surface area contributed by atoms with Crippen LogP contribution < -0.4 is 5.32 Å². The molecule has 2 N–H and O–H groups in total. The molecule has 0 saturated carbocycles. The van der Waals surface area contributed by atoms with E-state index in [1.807, 2.05) is 0 Å². The smallest absolute Gasteiger partial charge is 0.417 e. The van der Waals surface area contributed by atoms with E-state index in [1.165, 1.54) is 68.8 Å². The summed E-state index contributed by atoms with van der Waals surface area (Å²) in [6.07, 6.45) is -0.318. The van der Waals surface area contributed by atoms with Crippen LogP contribution in [0, 0.1) is 0 Å². The number of carbonyl (C=O) groups is 1. The normalized spacial score (nSPS) is 14.0. The summed E-state index contributed by atoms with van der Waals surface area (Å²) in [4.78, 5) is 11.2. The van der Waals surface area contributed by atoms with Crippen molar-refractivity contribution in [1.82, 2.24) is 10.5 Å². The molecule has 1 saturated heterocycles. The van der Waals surface area contributed by atoms with Gasteiger partial charge in [-0.15, -0.1) is 0 Å².